The Hall–Kier alpha value is -3.84. The van der Waals surface area contributed by atoms with Crippen LogP contribution >= 0.6 is 11.6 Å². The van der Waals surface area contributed by atoms with Crippen molar-refractivity contribution in [3.63, 3.8) is 0 Å². The van der Waals surface area contributed by atoms with Crippen LogP contribution in [0.25, 0.3) is 5.76 Å². The van der Waals surface area contributed by atoms with Crippen molar-refractivity contribution in [1.29, 1.82) is 0 Å². The van der Waals surface area contributed by atoms with E-state index in [0.717, 1.165) is 24.1 Å². The number of phenols is 1. The smallest absolute Gasteiger partial charge is 0.300 e. The van der Waals surface area contributed by atoms with Crippen LogP contribution < -0.4 is 9.64 Å². The second-order valence-corrected chi connectivity index (χ2v) is 8.15. The lowest BCUT2D eigenvalue weighted by Gasteiger charge is -2.26. The molecule has 1 unspecified atom stereocenters. The Morgan fingerprint density at radius 3 is 2.41 bits per heavy atom. The molecule has 34 heavy (non-hydrogen) atoms. The van der Waals surface area contributed by atoms with E-state index in [-0.39, 0.29) is 27.7 Å². The summed E-state index contributed by atoms with van der Waals surface area (Å²) >= 11 is 6.12. The molecular weight excluding hydrogens is 461 g/mol. The van der Waals surface area contributed by atoms with Gasteiger partial charge in [0.1, 0.15) is 23.1 Å². The Labute approximate surface area is 200 Å². The van der Waals surface area contributed by atoms with E-state index in [1.54, 1.807) is 12.1 Å². The second-order valence-electron chi connectivity index (χ2n) is 7.74. The Bertz CT molecular complexity index is 1320. The highest BCUT2D eigenvalue weighted by Gasteiger charge is 2.47. The van der Waals surface area contributed by atoms with Gasteiger partial charge in [0.15, 0.2) is 0 Å². The molecule has 1 atom stereocenters. The normalized spacial score (nSPS) is 17.3. The molecule has 1 saturated heterocycles. The summed E-state index contributed by atoms with van der Waals surface area (Å²) in [6.07, 6.45) is 0.787. The van der Waals surface area contributed by atoms with E-state index in [1.807, 2.05) is 19.1 Å². The van der Waals surface area contributed by atoms with Crippen molar-refractivity contribution in [1.82, 2.24) is 0 Å². The number of aryl methyl sites for hydroxylation is 1. The minimum absolute atomic E-state index is 0.00718. The van der Waals surface area contributed by atoms with Crippen LogP contribution in [0.2, 0.25) is 5.02 Å². The molecule has 0 saturated carbocycles. The fourth-order valence-corrected chi connectivity index (χ4v) is 4.20. The minimum Gasteiger partial charge on any atom is -0.507 e. The number of Topliss-reactive ketones (excluding diaryl/α,β-unsaturated/α-hetero) is 1. The average Bonchev–Trinajstić information content (AvgIpc) is 3.10. The van der Waals surface area contributed by atoms with Gasteiger partial charge in [0.2, 0.25) is 0 Å². The fraction of sp³-hybridized carbons (Fsp3) is 0.154. The number of halogens is 2. The summed E-state index contributed by atoms with van der Waals surface area (Å²) in [6.45, 7) is 1.99. The molecule has 3 aromatic rings. The Kier molecular flexibility index (Phi) is 6.30. The van der Waals surface area contributed by atoms with Gasteiger partial charge in [-0.2, -0.15) is 0 Å². The Morgan fingerprint density at radius 1 is 1.09 bits per heavy atom. The zero-order valence-electron chi connectivity index (χ0n) is 18.4. The largest absolute Gasteiger partial charge is 0.507 e. The predicted molar refractivity (Wildman–Crippen MR) is 127 cm³/mol. The van der Waals surface area contributed by atoms with Crippen molar-refractivity contribution >= 4 is 34.7 Å². The van der Waals surface area contributed by atoms with Crippen LogP contribution in [0.3, 0.4) is 0 Å². The van der Waals surface area contributed by atoms with E-state index in [1.165, 1.54) is 36.3 Å². The molecule has 2 N–H and O–H groups in total. The van der Waals surface area contributed by atoms with Gasteiger partial charge in [-0.15, -0.1) is 0 Å². The number of methoxy groups -OCH3 is 1. The Morgan fingerprint density at radius 2 is 1.79 bits per heavy atom. The molecule has 0 radical (unpaired) electrons. The molecular formula is C26H21ClFNO5. The van der Waals surface area contributed by atoms with Crippen LogP contribution in [-0.4, -0.2) is 29.0 Å². The van der Waals surface area contributed by atoms with Crippen LogP contribution in [-0.2, 0) is 16.0 Å². The third-order valence-corrected chi connectivity index (χ3v) is 6.07. The highest BCUT2D eigenvalue weighted by molar-refractivity contribution is 6.51. The van der Waals surface area contributed by atoms with E-state index in [9.17, 15) is 24.2 Å². The number of nitrogens with zero attached hydrogens (tertiary/aromatic N) is 1. The summed E-state index contributed by atoms with van der Waals surface area (Å²) in [5, 5.41) is 21.1. The summed E-state index contributed by atoms with van der Waals surface area (Å²) in [4.78, 5) is 27.7. The molecule has 1 fully saturated rings. The van der Waals surface area contributed by atoms with Crippen LogP contribution in [0, 0.1) is 5.82 Å². The highest BCUT2D eigenvalue weighted by atomic mass is 35.5. The summed E-state index contributed by atoms with van der Waals surface area (Å²) in [7, 11) is 1.34. The number of aliphatic hydroxyl groups is 1. The molecule has 0 bridgehead atoms. The van der Waals surface area contributed by atoms with Gasteiger partial charge in [0.05, 0.1) is 29.3 Å². The molecule has 1 aliphatic heterocycles. The fourth-order valence-electron chi connectivity index (χ4n) is 4.01. The van der Waals surface area contributed by atoms with Gasteiger partial charge in [-0.1, -0.05) is 36.7 Å². The number of anilines is 1. The molecule has 1 amide bonds. The van der Waals surface area contributed by atoms with Crippen LogP contribution in [0.15, 0.2) is 66.2 Å². The monoisotopic (exact) mass is 481 g/mol. The standard InChI is InChI=1S/C26H21ClFNO5/c1-3-14-4-8-17(9-5-14)29-23(15-6-10-20(30)19(27)12-15)22(25(32)26(29)33)24(31)18-13-16(28)7-11-21(18)34-2/h4-13,23,30-31H,3H2,1-2H3/b24-22+. The van der Waals surface area contributed by atoms with Crippen LogP contribution in [0.4, 0.5) is 10.1 Å². The number of ether oxygens (including phenoxy) is 1. The minimum atomic E-state index is -1.08. The van der Waals surface area contributed by atoms with Gasteiger partial charge in [-0.05, 0) is 60.0 Å². The number of amides is 1. The van der Waals surface area contributed by atoms with Crippen molar-refractivity contribution in [2.75, 3.05) is 12.0 Å². The number of rotatable bonds is 5. The van der Waals surface area contributed by atoms with E-state index in [2.05, 4.69) is 0 Å². The number of hydrogen-bond acceptors (Lipinski definition) is 5. The quantitative estimate of drug-likeness (QED) is 0.290. The predicted octanol–water partition coefficient (Wildman–Crippen LogP) is 5.38. The van der Waals surface area contributed by atoms with E-state index < -0.39 is 29.3 Å². The average molecular weight is 482 g/mol. The lowest BCUT2D eigenvalue weighted by atomic mass is 9.94. The zero-order valence-corrected chi connectivity index (χ0v) is 19.1. The molecule has 1 heterocycles. The second kappa shape index (κ2) is 9.19. The third kappa shape index (κ3) is 3.99. The van der Waals surface area contributed by atoms with Crippen molar-refractivity contribution in [2.45, 2.75) is 19.4 Å². The van der Waals surface area contributed by atoms with Gasteiger partial charge in [0, 0.05) is 5.69 Å². The van der Waals surface area contributed by atoms with Gasteiger partial charge in [0.25, 0.3) is 11.7 Å². The summed E-state index contributed by atoms with van der Waals surface area (Å²) in [5.41, 5.74) is 1.51. The summed E-state index contributed by atoms with van der Waals surface area (Å²) in [5.74, 6) is -3.11. The van der Waals surface area contributed by atoms with Crippen LogP contribution in [0.1, 0.15) is 29.7 Å². The first-order valence-corrected chi connectivity index (χ1v) is 10.9. The van der Waals surface area contributed by atoms with Crippen molar-refractivity contribution < 1.29 is 28.9 Å². The molecule has 1 aliphatic rings. The lowest BCUT2D eigenvalue weighted by Crippen LogP contribution is -2.29. The molecule has 6 nitrogen and oxygen atoms in total. The SMILES string of the molecule is CCc1ccc(N2C(=O)C(=O)/C(=C(/O)c3cc(F)ccc3OC)C2c2ccc(O)c(Cl)c2)cc1. The number of aliphatic hydroxyl groups excluding tert-OH is 1. The maximum atomic E-state index is 14.0. The van der Waals surface area contributed by atoms with E-state index in [4.69, 9.17) is 16.3 Å². The number of carbonyl (C=O) groups excluding carboxylic acids is 2. The molecule has 0 aromatic heterocycles. The molecule has 3 aromatic carbocycles. The number of ketones is 1. The van der Waals surface area contributed by atoms with Crippen LogP contribution in [0.5, 0.6) is 11.5 Å². The van der Waals surface area contributed by atoms with E-state index >= 15 is 0 Å². The maximum absolute atomic E-state index is 14.0. The summed E-state index contributed by atoms with van der Waals surface area (Å²) < 4.78 is 19.3. The first kappa shape index (κ1) is 23.3. The van der Waals surface area contributed by atoms with Gasteiger partial charge >= 0.3 is 0 Å². The number of hydrogen-bond donors (Lipinski definition) is 2. The van der Waals surface area contributed by atoms with Gasteiger partial charge in [-0.3, -0.25) is 14.5 Å². The number of benzene rings is 3. The van der Waals surface area contributed by atoms with Gasteiger partial charge in [-0.25, -0.2) is 4.39 Å². The van der Waals surface area contributed by atoms with Crippen molar-refractivity contribution in [2.24, 2.45) is 0 Å². The first-order chi connectivity index (χ1) is 16.3. The van der Waals surface area contributed by atoms with Crippen molar-refractivity contribution in [3.8, 4) is 11.5 Å². The summed E-state index contributed by atoms with van der Waals surface area (Å²) in [6, 6.07) is 13.8. The van der Waals surface area contributed by atoms with E-state index in [0.29, 0.717) is 11.3 Å². The maximum Gasteiger partial charge on any atom is 0.300 e. The van der Waals surface area contributed by atoms with Crippen molar-refractivity contribution in [3.05, 3.63) is 93.8 Å². The number of phenolic OH excluding ortho intramolecular Hbond substituents is 1. The number of aromatic hydroxyl groups is 1. The molecule has 8 heteroatoms. The highest BCUT2D eigenvalue weighted by Crippen LogP contribution is 2.44. The lowest BCUT2D eigenvalue weighted by molar-refractivity contribution is -0.132. The first-order valence-electron chi connectivity index (χ1n) is 10.5. The molecule has 4 rings (SSSR count). The molecule has 0 spiro atoms. The Balaban J connectivity index is 1.98. The van der Waals surface area contributed by atoms with Gasteiger partial charge < -0.3 is 14.9 Å². The number of carbonyl (C=O) groups is 2. The zero-order chi connectivity index (χ0) is 24.6. The molecule has 174 valence electrons. The molecule has 0 aliphatic carbocycles. The third-order valence-electron chi connectivity index (χ3n) is 5.77. The topological polar surface area (TPSA) is 87.1 Å².